The molecule has 4 N–H and O–H groups in total. The van der Waals surface area contributed by atoms with Gasteiger partial charge in [0, 0.05) is 43.9 Å². The lowest BCUT2D eigenvalue weighted by Crippen LogP contribution is -2.30. The number of carbonyl (C=O) groups excluding carboxylic acids is 1. The fourth-order valence-electron chi connectivity index (χ4n) is 1.56. The molecule has 100 valence electrons. The zero-order valence-corrected chi connectivity index (χ0v) is 10.7. The van der Waals surface area contributed by atoms with Gasteiger partial charge in [-0.3, -0.25) is 9.78 Å². The molecule has 1 amide bonds. The first-order chi connectivity index (χ1) is 8.56. The van der Waals surface area contributed by atoms with Crippen LogP contribution in [-0.2, 0) is 17.9 Å². The van der Waals surface area contributed by atoms with Gasteiger partial charge in [-0.1, -0.05) is 0 Å². The van der Waals surface area contributed by atoms with Crippen molar-refractivity contribution >= 4 is 5.91 Å². The highest BCUT2D eigenvalue weighted by atomic mass is 16.3. The lowest BCUT2D eigenvalue weighted by molar-refractivity contribution is -0.118. The highest BCUT2D eigenvalue weighted by molar-refractivity contribution is 5.72. The maximum Gasteiger partial charge on any atom is 0.216 e. The van der Waals surface area contributed by atoms with E-state index in [-0.39, 0.29) is 18.3 Å². The third-order valence-corrected chi connectivity index (χ3v) is 2.58. The van der Waals surface area contributed by atoms with Crippen LogP contribution in [-0.4, -0.2) is 34.2 Å². The second-order valence-corrected chi connectivity index (χ2v) is 4.01. The summed E-state index contributed by atoms with van der Waals surface area (Å²) in [6.07, 6.45) is 1.56. The Morgan fingerprint density at radius 3 is 2.78 bits per heavy atom. The fourth-order valence-corrected chi connectivity index (χ4v) is 1.56. The number of aliphatic hydroxyl groups excluding tert-OH is 1. The van der Waals surface area contributed by atoms with Gasteiger partial charge in [-0.2, -0.15) is 0 Å². The summed E-state index contributed by atoms with van der Waals surface area (Å²) < 4.78 is 0. The molecule has 0 spiro atoms. The summed E-state index contributed by atoms with van der Waals surface area (Å²) in [6, 6.07) is 0. The minimum absolute atomic E-state index is 0.0737. The molecule has 0 aromatic carbocycles. The summed E-state index contributed by atoms with van der Waals surface area (Å²) in [6.45, 7) is 4.54. The maximum absolute atomic E-state index is 10.7. The van der Waals surface area contributed by atoms with Crippen LogP contribution in [0.4, 0.5) is 0 Å². The van der Waals surface area contributed by atoms with Crippen molar-refractivity contribution in [3.05, 3.63) is 23.0 Å². The van der Waals surface area contributed by atoms with E-state index >= 15 is 0 Å². The Morgan fingerprint density at radius 2 is 2.17 bits per heavy atom. The monoisotopic (exact) mass is 253 g/mol. The Morgan fingerprint density at radius 1 is 1.44 bits per heavy atom. The summed E-state index contributed by atoms with van der Waals surface area (Å²) >= 11 is 0. The highest BCUT2D eigenvalue weighted by Crippen LogP contribution is 2.23. The lowest BCUT2D eigenvalue weighted by Gasteiger charge is -2.12. The smallest absolute Gasteiger partial charge is 0.216 e. The van der Waals surface area contributed by atoms with Crippen LogP contribution in [0.1, 0.15) is 23.7 Å². The van der Waals surface area contributed by atoms with E-state index in [1.165, 1.54) is 6.92 Å². The molecule has 1 rings (SSSR count). The van der Waals surface area contributed by atoms with Crippen LogP contribution < -0.4 is 10.6 Å². The first-order valence-corrected chi connectivity index (χ1v) is 5.78. The molecule has 0 saturated carbocycles. The number of aliphatic hydroxyl groups is 1. The van der Waals surface area contributed by atoms with Gasteiger partial charge >= 0.3 is 0 Å². The van der Waals surface area contributed by atoms with E-state index in [9.17, 15) is 15.0 Å². The van der Waals surface area contributed by atoms with E-state index in [4.69, 9.17) is 0 Å². The molecule has 1 aromatic heterocycles. The van der Waals surface area contributed by atoms with Gasteiger partial charge in [0.25, 0.3) is 0 Å². The van der Waals surface area contributed by atoms with Crippen molar-refractivity contribution in [2.24, 2.45) is 0 Å². The molecule has 0 aliphatic rings. The van der Waals surface area contributed by atoms with Crippen molar-refractivity contribution in [3.63, 3.8) is 0 Å². The average Bonchev–Trinajstić information content (AvgIpc) is 2.33. The molecule has 0 fully saturated rings. The number of hydrogen-bond acceptors (Lipinski definition) is 5. The third kappa shape index (κ3) is 3.97. The van der Waals surface area contributed by atoms with Gasteiger partial charge in [-0.05, 0) is 6.92 Å². The van der Waals surface area contributed by atoms with Crippen molar-refractivity contribution < 1.29 is 15.0 Å². The van der Waals surface area contributed by atoms with Crippen molar-refractivity contribution in [2.75, 3.05) is 13.1 Å². The first-order valence-electron chi connectivity index (χ1n) is 5.78. The van der Waals surface area contributed by atoms with E-state index in [0.717, 1.165) is 0 Å². The number of pyridine rings is 1. The minimum atomic E-state index is -0.163. The molecule has 6 nitrogen and oxygen atoms in total. The zero-order valence-electron chi connectivity index (χ0n) is 10.7. The predicted octanol–water partition coefficient (Wildman–Crippen LogP) is -0.186. The van der Waals surface area contributed by atoms with Crippen LogP contribution in [0.3, 0.4) is 0 Å². The molecule has 0 aliphatic heterocycles. The number of nitrogens with zero attached hydrogens (tertiary/aromatic N) is 1. The number of carbonyl (C=O) groups is 1. The van der Waals surface area contributed by atoms with Crippen molar-refractivity contribution in [2.45, 2.75) is 27.0 Å². The summed E-state index contributed by atoms with van der Waals surface area (Å²) in [5.74, 6) is 0.0315. The SMILES string of the molecule is CC(=O)NCCNCc1c(CO)cnc(C)c1O. The van der Waals surface area contributed by atoms with Gasteiger partial charge in [0.2, 0.25) is 5.91 Å². The van der Waals surface area contributed by atoms with Crippen LogP contribution in [0.5, 0.6) is 5.75 Å². The second kappa shape index (κ2) is 6.93. The fraction of sp³-hybridized carbons (Fsp3) is 0.500. The number of hydrogen-bond donors (Lipinski definition) is 4. The molecule has 0 saturated heterocycles. The largest absolute Gasteiger partial charge is 0.506 e. The Balaban J connectivity index is 2.55. The lowest BCUT2D eigenvalue weighted by atomic mass is 10.1. The van der Waals surface area contributed by atoms with Gasteiger partial charge in [-0.25, -0.2) is 0 Å². The number of aromatic hydroxyl groups is 1. The van der Waals surface area contributed by atoms with Crippen molar-refractivity contribution in [1.29, 1.82) is 0 Å². The molecule has 0 aliphatic carbocycles. The Bertz CT molecular complexity index is 421. The van der Waals surface area contributed by atoms with Crippen molar-refractivity contribution in [3.8, 4) is 5.75 Å². The Hall–Kier alpha value is -1.66. The van der Waals surface area contributed by atoms with E-state index in [1.54, 1.807) is 13.1 Å². The third-order valence-electron chi connectivity index (χ3n) is 2.58. The predicted molar refractivity (Wildman–Crippen MR) is 67.0 cm³/mol. The summed E-state index contributed by atoms with van der Waals surface area (Å²) in [5, 5.41) is 24.8. The molecule has 0 unspecified atom stereocenters. The molecule has 0 atom stereocenters. The summed E-state index contributed by atoms with van der Waals surface area (Å²) in [7, 11) is 0. The number of amides is 1. The molecule has 18 heavy (non-hydrogen) atoms. The number of nitrogens with one attached hydrogen (secondary N) is 2. The molecule has 0 radical (unpaired) electrons. The van der Waals surface area contributed by atoms with E-state index in [2.05, 4.69) is 15.6 Å². The van der Waals surface area contributed by atoms with Crippen LogP contribution >= 0.6 is 0 Å². The average molecular weight is 253 g/mol. The quantitative estimate of drug-likeness (QED) is 0.527. The number of aryl methyl sites for hydroxylation is 1. The Labute approximate surface area is 106 Å². The van der Waals surface area contributed by atoms with Crippen LogP contribution in [0.2, 0.25) is 0 Å². The standard InChI is InChI=1S/C12H19N3O3/c1-8-12(18)11(10(7-16)5-15-8)6-13-3-4-14-9(2)17/h5,13,16,18H,3-4,6-7H2,1-2H3,(H,14,17). The number of rotatable bonds is 6. The van der Waals surface area contributed by atoms with Gasteiger partial charge < -0.3 is 20.8 Å². The van der Waals surface area contributed by atoms with E-state index in [1.807, 2.05) is 0 Å². The summed E-state index contributed by atoms with van der Waals surface area (Å²) in [5.41, 5.74) is 1.78. The molecule has 6 heteroatoms. The van der Waals surface area contributed by atoms with Crippen LogP contribution in [0.25, 0.3) is 0 Å². The van der Waals surface area contributed by atoms with Crippen molar-refractivity contribution in [1.82, 2.24) is 15.6 Å². The molecule has 1 aromatic rings. The second-order valence-electron chi connectivity index (χ2n) is 4.01. The van der Waals surface area contributed by atoms with E-state index in [0.29, 0.717) is 36.5 Å². The first kappa shape index (κ1) is 14.4. The maximum atomic E-state index is 10.7. The summed E-state index contributed by atoms with van der Waals surface area (Å²) in [4.78, 5) is 14.6. The number of aromatic nitrogens is 1. The minimum Gasteiger partial charge on any atom is -0.506 e. The van der Waals surface area contributed by atoms with E-state index < -0.39 is 0 Å². The molecular formula is C12H19N3O3. The normalized spacial score (nSPS) is 10.4. The van der Waals surface area contributed by atoms with Gasteiger partial charge in [-0.15, -0.1) is 0 Å². The molecule has 0 bridgehead atoms. The topological polar surface area (TPSA) is 94.5 Å². The Kier molecular flexibility index (Phi) is 5.54. The van der Waals surface area contributed by atoms with Crippen LogP contribution in [0.15, 0.2) is 6.20 Å². The highest BCUT2D eigenvalue weighted by Gasteiger charge is 2.10. The molecule has 1 heterocycles. The van der Waals surface area contributed by atoms with Gasteiger partial charge in [0.1, 0.15) is 5.75 Å². The molecular weight excluding hydrogens is 234 g/mol. The van der Waals surface area contributed by atoms with Gasteiger partial charge in [0.05, 0.1) is 12.3 Å². The van der Waals surface area contributed by atoms with Crippen LogP contribution in [0, 0.1) is 6.92 Å². The zero-order chi connectivity index (χ0) is 13.5. The van der Waals surface area contributed by atoms with Gasteiger partial charge in [0.15, 0.2) is 0 Å².